The van der Waals surface area contributed by atoms with Gasteiger partial charge in [-0.2, -0.15) is 0 Å². The van der Waals surface area contributed by atoms with Crippen LogP contribution in [-0.2, 0) is 6.54 Å². The molecule has 0 bridgehead atoms. The minimum absolute atomic E-state index is 0.198. The van der Waals surface area contributed by atoms with Crippen molar-refractivity contribution in [3.8, 4) is 5.75 Å². The highest BCUT2D eigenvalue weighted by atomic mass is 16.5. The Morgan fingerprint density at radius 2 is 2.05 bits per heavy atom. The smallest absolute Gasteiger partial charge is 0.125 e. The average molecular weight is 304 g/mol. The average Bonchev–Trinajstić information content (AvgIpc) is 2.43. The third-order valence-electron chi connectivity index (χ3n) is 4.80. The molecular formula is C19H32N2O. The molecule has 3 heteroatoms. The van der Waals surface area contributed by atoms with Crippen LogP contribution in [0.25, 0.3) is 0 Å². The Bertz CT molecular complexity index is 522. The van der Waals surface area contributed by atoms with Gasteiger partial charge in [-0.3, -0.25) is 0 Å². The van der Waals surface area contributed by atoms with Crippen LogP contribution in [0, 0.1) is 0 Å². The van der Waals surface area contributed by atoms with Gasteiger partial charge in [0.25, 0.3) is 0 Å². The number of methoxy groups -OCH3 is 1. The maximum absolute atomic E-state index is 5.67. The van der Waals surface area contributed by atoms with Gasteiger partial charge < -0.3 is 15.0 Å². The second kappa shape index (κ2) is 6.49. The highest BCUT2D eigenvalue weighted by Gasteiger charge is 2.36. The molecule has 2 rings (SSSR count). The van der Waals surface area contributed by atoms with E-state index < -0.39 is 0 Å². The number of fused-ring (bicyclic) bond motifs is 1. The van der Waals surface area contributed by atoms with Gasteiger partial charge in [-0.05, 0) is 44.7 Å². The second-order valence-electron chi connectivity index (χ2n) is 7.42. The van der Waals surface area contributed by atoms with E-state index in [-0.39, 0.29) is 5.54 Å². The van der Waals surface area contributed by atoms with Gasteiger partial charge in [0, 0.05) is 42.0 Å². The molecule has 1 aromatic rings. The molecule has 0 amide bonds. The van der Waals surface area contributed by atoms with Crippen molar-refractivity contribution < 1.29 is 4.74 Å². The van der Waals surface area contributed by atoms with E-state index in [2.05, 4.69) is 63.9 Å². The molecule has 124 valence electrons. The molecule has 0 unspecified atom stereocenters. The van der Waals surface area contributed by atoms with E-state index in [9.17, 15) is 0 Å². The summed E-state index contributed by atoms with van der Waals surface area (Å²) in [6.45, 7) is 15.5. The standard InChI is InChI=1S/C19H32N2O/c1-8-21-17-10-18(22-7)15(12-20-13(2)3)9-16(17)14(4)11-19(21,5)6/h9-10,13-14,20H,8,11-12H2,1-7H3/t14-/m1/s1. The van der Waals surface area contributed by atoms with Crippen LogP contribution >= 0.6 is 0 Å². The number of anilines is 1. The van der Waals surface area contributed by atoms with Crippen LogP contribution in [0.3, 0.4) is 0 Å². The molecule has 1 atom stereocenters. The number of hydrogen-bond donors (Lipinski definition) is 1. The summed E-state index contributed by atoms with van der Waals surface area (Å²) in [5, 5.41) is 3.51. The van der Waals surface area contributed by atoms with Crippen LogP contribution in [0.4, 0.5) is 5.69 Å². The number of nitrogens with zero attached hydrogens (tertiary/aromatic N) is 1. The monoisotopic (exact) mass is 304 g/mol. The highest BCUT2D eigenvalue weighted by Crippen LogP contribution is 2.45. The fourth-order valence-corrected chi connectivity index (χ4v) is 3.80. The SMILES string of the molecule is CCN1c2cc(OC)c(CNC(C)C)cc2[C@H](C)CC1(C)C. The van der Waals surface area contributed by atoms with E-state index in [0.29, 0.717) is 12.0 Å². The molecule has 1 heterocycles. The zero-order valence-electron chi connectivity index (χ0n) is 15.3. The van der Waals surface area contributed by atoms with Gasteiger partial charge in [0.2, 0.25) is 0 Å². The molecule has 0 radical (unpaired) electrons. The van der Waals surface area contributed by atoms with Gasteiger partial charge in [0.15, 0.2) is 0 Å². The fourth-order valence-electron chi connectivity index (χ4n) is 3.80. The van der Waals surface area contributed by atoms with Crippen molar-refractivity contribution >= 4 is 5.69 Å². The van der Waals surface area contributed by atoms with Crippen LogP contribution in [0.5, 0.6) is 5.75 Å². The molecule has 0 saturated heterocycles. The summed E-state index contributed by atoms with van der Waals surface area (Å²) in [6, 6.07) is 5.07. The van der Waals surface area contributed by atoms with Crippen molar-refractivity contribution in [2.45, 2.75) is 72.0 Å². The lowest BCUT2D eigenvalue weighted by Gasteiger charge is -2.47. The number of nitrogens with one attached hydrogen (secondary N) is 1. The molecule has 1 aliphatic heterocycles. The topological polar surface area (TPSA) is 24.5 Å². The quantitative estimate of drug-likeness (QED) is 0.877. The van der Waals surface area contributed by atoms with E-state index >= 15 is 0 Å². The Kier molecular flexibility index (Phi) is 5.06. The Labute approximate surface area is 136 Å². The van der Waals surface area contributed by atoms with Gasteiger partial charge in [-0.15, -0.1) is 0 Å². The molecule has 0 fully saturated rings. The van der Waals surface area contributed by atoms with Crippen LogP contribution in [0.2, 0.25) is 0 Å². The number of benzene rings is 1. The van der Waals surface area contributed by atoms with Crippen LogP contribution in [-0.4, -0.2) is 25.2 Å². The van der Waals surface area contributed by atoms with E-state index in [1.165, 1.54) is 23.2 Å². The van der Waals surface area contributed by atoms with E-state index in [1.54, 1.807) is 7.11 Å². The van der Waals surface area contributed by atoms with Gasteiger partial charge in [0.1, 0.15) is 5.75 Å². The summed E-state index contributed by atoms with van der Waals surface area (Å²) in [5.41, 5.74) is 4.26. The first kappa shape index (κ1) is 17.1. The summed E-state index contributed by atoms with van der Waals surface area (Å²) in [5.74, 6) is 1.58. The van der Waals surface area contributed by atoms with Crippen molar-refractivity contribution in [3.63, 3.8) is 0 Å². The Balaban J connectivity index is 2.47. The van der Waals surface area contributed by atoms with Crippen molar-refractivity contribution in [1.29, 1.82) is 0 Å². The van der Waals surface area contributed by atoms with Gasteiger partial charge in [-0.1, -0.05) is 20.8 Å². The van der Waals surface area contributed by atoms with Gasteiger partial charge >= 0.3 is 0 Å². The zero-order chi connectivity index (χ0) is 16.5. The van der Waals surface area contributed by atoms with Gasteiger partial charge in [0.05, 0.1) is 7.11 Å². The molecular weight excluding hydrogens is 272 g/mol. The zero-order valence-corrected chi connectivity index (χ0v) is 15.3. The predicted octanol–water partition coefficient (Wildman–Crippen LogP) is 4.31. The Hall–Kier alpha value is -1.22. The summed E-state index contributed by atoms with van der Waals surface area (Å²) < 4.78 is 5.67. The Morgan fingerprint density at radius 3 is 2.59 bits per heavy atom. The second-order valence-corrected chi connectivity index (χ2v) is 7.42. The van der Waals surface area contributed by atoms with Crippen LogP contribution in [0.1, 0.15) is 65.0 Å². The van der Waals surface area contributed by atoms with Crippen LogP contribution < -0.4 is 15.0 Å². The lowest BCUT2D eigenvalue weighted by Crippen LogP contribution is -2.48. The lowest BCUT2D eigenvalue weighted by atomic mass is 9.79. The maximum atomic E-state index is 5.67. The molecule has 0 saturated carbocycles. The molecule has 0 aliphatic carbocycles. The molecule has 3 nitrogen and oxygen atoms in total. The van der Waals surface area contributed by atoms with Crippen LogP contribution in [0.15, 0.2) is 12.1 Å². The normalized spacial score (nSPS) is 20.2. The summed E-state index contributed by atoms with van der Waals surface area (Å²) >= 11 is 0. The summed E-state index contributed by atoms with van der Waals surface area (Å²) in [7, 11) is 1.77. The maximum Gasteiger partial charge on any atom is 0.125 e. The number of hydrogen-bond acceptors (Lipinski definition) is 3. The minimum Gasteiger partial charge on any atom is -0.496 e. The van der Waals surface area contributed by atoms with Gasteiger partial charge in [-0.25, -0.2) is 0 Å². The van der Waals surface area contributed by atoms with E-state index in [4.69, 9.17) is 4.74 Å². The lowest BCUT2D eigenvalue weighted by molar-refractivity contribution is 0.376. The molecule has 0 aromatic heterocycles. The summed E-state index contributed by atoms with van der Waals surface area (Å²) in [6.07, 6.45) is 1.19. The first-order valence-electron chi connectivity index (χ1n) is 8.52. The van der Waals surface area contributed by atoms with Crippen molar-refractivity contribution in [1.82, 2.24) is 5.32 Å². The fraction of sp³-hybridized carbons (Fsp3) is 0.684. The third-order valence-corrected chi connectivity index (χ3v) is 4.80. The van der Waals surface area contributed by atoms with E-state index in [0.717, 1.165) is 18.8 Å². The molecule has 1 N–H and O–H groups in total. The van der Waals surface area contributed by atoms with Crippen molar-refractivity contribution in [3.05, 3.63) is 23.3 Å². The van der Waals surface area contributed by atoms with Crippen molar-refractivity contribution in [2.24, 2.45) is 0 Å². The van der Waals surface area contributed by atoms with E-state index in [1.807, 2.05) is 0 Å². The number of ether oxygens (including phenoxy) is 1. The van der Waals surface area contributed by atoms with Crippen molar-refractivity contribution in [2.75, 3.05) is 18.6 Å². The highest BCUT2D eigenvalue weighted by molar-refractivity contribution is 5.64. The minimum atomic E-state index is 0.198. The number of rotatable bonds is 5. The largest absolute Gasteiger partial charge is 0.496 e. The molecule has 22 heavy (non-hydrogen) atoms. The first-order valence-corrected chi connectivity index (χ1v) is 8.52. The predicted molar refractivity (Wildman–Crippen MR) is 95.1 cm³/mol. The summed E-state index contributed by atoms with van der Waals surface area (Å²) in [4.78, 5) is 2.52. The Morgan fingerprint density at radius 1 is 1.36 bits per heavy atom. The first-order chi connectivity index (χ1) is 10.3. The molecule has 0 spiro atoms. The molecule has 1 aliphatic rings. The third kappa shape index (κ3) is 3.24. The molecule has 1 aromatic carbocycles.